The SMILES string of the molecule is CCC(NC(C)c1cnn(CC)c1)c1ccccc1. The molecule has 0 aliphatic carbocycles. The summed E-state index contributed by atoms with van der Waals surface area (Å²) in [5.41, 5.74) is 2.59. The fourth-order valence-electron chi connectivity index (χ4n) is 2.31. The minimum Gasteiger partial charge on any atom is -0.303 e. The highest BCUT2D eigenvalue weighted by molar-refractivity contribution is 5.20. The van der Waals surface area contributed by atoms with Gasteiger partial charge in [-0.1, -0.05) is 37.3 Å². The van der Waals surface area contributed by atoms with E-state index in [1.807, 2.05) is 10.9 Å². The third-order valence-corrected chi connectivity index (χ3v) is 3.54. The van der Waals surface area contributed by atoms with Gasteiger partial charge in [-0.3, -0.25) is 4.68 Å². The molecule has 0 amide bonds. The molecular formula is C16H23N3. The van der Waals surface area contributed by atoms with Crippen molar-refractivity contribution in [3.63, 3.8) is 0 Å². The summed E-state index contributed by atoms with van der Waals surface area (Å²) in [6.45, 7) is 7.44. The minimum absolute atomic E-state index is 0.311. The standard InChI is InChI=1S/C16H23N3/c1-4-16(14-9-7-6-8-10-14)18-13(3)15-11-17-19(5-2)12-15/h6-13,16,18H,4-5H2,1-3H3. The van der Waals surface area contributed by atoms with Crippen molar-refractivity contribution in [2.45, 2.75) is 45.8 Å². The Hall–Kier alpha value is -1.61. The van der Waals surface area contributed by atoms with E-state index in [1.165, 1.54) is 11.1 Å². The molecule has 3 heteroatoms. The number of hydrogen-bond acceptors (Lipinski definition) is 2. The maximum Gasteiger partial charge on any atom is 0.0537 e. The largest absolute Gasteiger partial charge is 0.303 e. The Kier molecular flexibility index (Phi) is 4.74. The first-order valence-electron chi connectivity index (χ1n) is 7.08. The molecule has 1 heterocycles. The number of hydrogen-bond donors (Lipinski definition) is 1. The second kappa shape index (κ2) is 6.53. The van der Waals surface area contributed by atoms with E-state index in [9.17, 15) is 0 Å². The molecule has 19 heavy (non-hydrogen) atoms. The first kappa shape index (κ1) is 13.8. The van der Waals surface area contributed by atoms with Crippen LogP contribution in [0.5, 0.6) is 0 Å². The van der Waals surface area contributed by atoms with E-state index in [0.29, 0.717) is 12.1 Å². The predicted molar refractivity (Wildman–Crippen MR) is 78.9 cm³/mol. The monoisotopic (exact) mass is 257 g/mol. The molecule has 1 aromatic carbocycles. The van der Waals surface area contributed by atoms with Gasteiger partial charge in [0.1, 0.15) is 0 Å². The highest BCUT2D eigenvalue weighted by Crippen LogP contribution is 2.21. The molecule has 0 radical (unpaired) electrons. The summed E-state index contributed by atoms with van der Waals surface area (Å²) < 4.78 is 1.97. The Morgan fingerprint density at radius 1 is 1.16 bits per heavy atom. The van der Waals surface area contributed by atoms with E-state index in [2.05, 4.69) is 67.7 Å². The Balaban J connectivity index is 2.06. The van der Waals surface area contributed by atoms with Crippen molar-refractivity contribution in [3.05, 3.63) is 53.9 Å². The first-order chi connectivity index (χ1) is 9.24. The fourth-order valence-corrected chi connectivity index (χ4v) is 2.31. The molecule has 1 aromatic heterocycles. The van der Waals surface area contributed by atoms with E-state index in [1.54, 1.807) is 0 Å². The summed E-state index contributed by atoms with van der Waals surface area (Å²) in [5.74, 6) is 0. The second-order valence-electron chi connectivity index (χ2n) is 4.89. The first-order valence-corrected chi connectivity index (χ1v) is 7.08. The number of nitrogens with zero attached hydrogens (tertiary/aromatic N) is 2. The van der Waals surface area contributed by atoms with Crippen molar-refractivity contribution < 1.29 is 0 Å². The number of aromatic nitrogens is 2. The molecule has 0 fully saturated rings. The van der Waals surface area contributed by atoms with Crippen LogP contribution in [0, 0.1) is 0 Å². The van der Waals surface area contributed by atoms with Crippen LogP contribution in [0.25, 0.3) is 0 Å². The van der Waals surface area contributed by atoms with Gasteiger partial charge in [0.05, 0.1) is 6.20 Å². The maximum atomic E-state index is 4.34. The van der Waals surface area contributed by atoms with Gasteiger partial charge in [0, 0.05) is 30.4 Å². The lowest BCUT2D eigenvalue weighted by molar-refractivity contribution is 0.456. The zero-order chi connectivity index (χ0) is 13.7. The van der Waals surface area contributed by atoms with Crippen molar-refractivity contribution in [2.24, 2.45) is 0 Å². The summed E-state index contributed by atoms with van der Waals surface area (Å²) in [4.78, 5) is 0. The van der Waals surface area contributed by atoms with E-state index in [0.717, 1.165) is 13.0 Å². The van der Waals surface area contributed by atoms with Crippen molar-refractivity contribution in [2.75, 3.05) is 0 Å². The molecule has 0 saturated heterocycles. The Morgan fingerprint density at radius 2 is 1.89 bits per heavy atom. The van der Waals surface area contributed by atoms with Crippen LogP contribution in [0.1, 0.15) is 50.4 Å². The Bertz CT molecular complexity index is 490. The Labute approximate surface area is 115 Å². The molecule has 2 rings (SSSR count). The average molecular weight is 257 g/mol. The van der Waals surface area contributed by atoms with Crippen LogP contribution in [0.3, 0.4) is 0 Å². The third-order valence-electron chi connectivity index (χ3n) is 3.54. The molecule has 0 aliphatic heterocycles. The molecule has 0 saturated carbocycles. The smallest absolute Gasteiger partial charge is 0.0537 e. The molecule has 1 N–H and O–H groups in total. The summed E-state index contributed by atoms with van der Waals surface area (Å²) in [6.07, 6.45) is 5.16. The summed E-state index contributed by atoms with van der Waals surface area (Å²) in [7, 11) is 0. The van der Waals surface area contributed by atoms with Gasteiger partial charge in [-0.05, 0) is 25.8 Å². The van der Waals surface area contributed by atoms with Crippen LogP contribution in [0.4, 0.5) is 0 Å². The number of rotatable bonds is 6. The van der Waals surface area contributed by atoms with E-state index < -0.39 is 0 Å². The van der Waals surface area contributed by atoms with Crippen LogP contribution >= 0.6 is 0 Å². The highest BCUT2D eigenvalue weighted by atomic mass is 15.3. The van der Waals surface area contributed by atoms with Gasteiger partial charge in [-0.25, -0.2) is 0 Å². The quantitative estimate of drug-likeness (QED) is 0.855. The third kappa shape index (κ3) is 3.44. The molecule has 0 bridgehead atoms. The normalized spacial score (nSPS) is 14.3. The molecule has 102 valence electrons. The van der Waals surface area contributed by atoms with Crippen molar-refractivity contribution in [3.8, 4) is 0 Å². The van der Waals surface area contributed by atoms with Gasteiger partial charge in [0.15, 0.2) is 0 Å². The number of nitrogens with one attached hydrogen (secondary N) is 1. The lowest BCUT2D eigenvalue weighted by Crippen LogP contribution is -2.24. The van der Waals surface area contributed by atoms with Gasteiger partial charge in [0.25, 0.3) is 0 Å². The number of benzene rings is 1. The molecule has 2 aromatic rings. The molecular weight excluding hydrogens is 234 g/mol. The molecule has 0 aliphatic rings. The molecule has 2 atom stereocenters. The average Bonchev–Trinajstić information content (AvgIpc) is 2.94. The van der Waals surface area contributed by atoms with Gasteiger partial charge >= 0.3 is 0 Å². The van der Waals surface area contributed by atoms with Gasteiger partial charge < -0.3 is 5.32 Å². The van der Waals surface area contributed by atoms with Crippen LogP contribution in [0.2, 0.25) is 0 Å². The van der Waals surface area contributed by atoms with Gasteiger partial charge in [0.2, 0.25) is 0 Å². The summed E-state index contributed by atoms with van der Waals surface area (Å²) in [6, 6.07) is 11.3. The number of aryl methyl sites for hydroxylation is 1. The molecule has 3 nitrogen and oxygen atoms in total. The van der Waals surface area contributed by atoms with Crippen molar-refractivity contribution in [1.29, 1.82) is 0 Å². The topological polar surface area (TPSA) is 29.9 Å². The van der Waals surface area contributed by atoms with Gasteiger partial charge in [-0.15, -0.1) is 0 Å². The molecule has 2 unspecified atom stereocenters. The summed E-state index contributed by atoms with van der Waals surface area (Å²) >= 11 is 0. The maximum absolute atomic E-state index is 4.34. The zero-order valence-electron chi connectivity index (χ0n) is 12.0. The summed E-state index contributed by atoms with van der Waals surface area (Å²) in [5, 5.41) is 8.02. The van der Waals surface area contributed by atoms with E-state index in [4.69, 9.17) is 0 Å². The van der Waals surface area contributed by atoms with Crippen LogP contribution in [-0.2, 0) is 6.54 Å². The van der Waals surface area contributed by atoms with Crippen molar-refractivity contribution in [1.82, 2.24) is 15.1 Å². The predicted octanol–water partition coefficient (Wildman–Crippen LogP) is 3.70. The van der Waals surface area contributed by atoms with Gasteiger partial charge in [-0.2, -0.15) is 5.10 Å². The molecule has 0 spiro atoms. The van der Waals surface area contributed by atoms with E-state index >= 15 is 0 Å². The van der Waals surface area contributed by atoms with Crippen LogP contribution in [0.15, 0.2) is 42.7 Å². The second-order valence-corrected chi connectivity index (χ2v) is 4.89. The van der Waals surface area contributed by atoms with Crippen LogP contribution in [-0.4, -0.2) is 9.78 Å². The van der Waals surface area contributed by atoms with Crippen LogP contribution < -0.4 is 5.32 Å². The lowest BCUT2D eigenvalue weighted by atomic mass is 10.0. The van der Waals surface area contributed by atoms with Crippen molar-refractivity contribution >= 4 is 0 Å². The zero-order valence-corrected chi connectivity index (χ0v) is 12.0. The lowest BCUT2D eigenvalue weighted by Gasteiger charge is -2.22. The minimum atomic E-state index is 0.311. The Morgan fingerprint density at radius 3 is 2.47 bits per heavy atom. The van der Waals surface area contributed by atoms with E-state index in [-0.39, 0.29) is 0 Å². The highest BCUT2D eigenvalue weighted by Gasteiger charge is 2.14. The fraction of sp³-hybridized carbons (Fsp3) is 0.438.